The van der Waals surface area contributed by atoms with Gasteiger partial charge in [-0.15, -0.1) is 0 Å². The molecule has 4 heteroatoms. The van der Waals surface area contributed by atoms with Gasteiger partial charge in [0.2, 0.25) is 0 Å². The largest absolute Gasteiger partial charge is 0.312 e. The van der Waals surface area contributed by atoms with Crippen LogP contribution < -0.4 is 5.32 Å². The Balaban J connectivity index is 1.72. The van der Waals surface area contributed by atoms with Crippen LogP contribution in [0.1, 0.15) is 18.1 Å². The van der Waals surface area contributed by atoms with Crippen molar-refractivity contribution in [1.82, 2.24) is 15.1 Å². The van der Waals surface area contributed by atoms with Crippen molar-refractivity contribution >= 4 is 15.9 Å². The van der Waals surface area contributed by atoms with Gasteiger partial charge in [0.25, 0.3) is 0 Å². The summed E-state index contributed by atoms with van der Waals surface area (Å²) in [4.78, 5) is 0. The molecule has 0 radical (unpaired) electrons. The summed E-state index contributed by atoms with van der Waals surface area (Å²) in [6, 6.07) is 8.99. The van der Waals surface area contributed by atoms with E-state index in [-0.39, 0.29) is 0 Å². The molecule has 0 amide bonds. The van der Waals surface area contributed by atoms with Gasteiger partial charge in [-0.1, -0.05) is 28.1 Å². The van der Waals surface area contributed by atoms with Crippen molar-refractivity contribution in [2.75, 3.05) is 6.54 Å². The van der Waals surface area contributed by atoms with E-state index in [4.69, 9.17) is 0 Å². The number of rotatable bonds is 6. The van der Waals surface area contributed by atoms with E-state index in [1.165, 1.54) is 11.1 Å². The molecule has 0 aliphatic heterocycles. The second kappa shape index (κ2) is 6.87. The van der Waals surface area contributed by atoms with Crippen LogP contribution in [0.3, 0.4) is 0 Å². The Morgan fingerprint density at radius 2 is 2.05 bits per heavy atom. The first-order valence-electron chi connectivity index (χ1n) is 6.60. The fourth-order valence-electron chi connectivity index (χ4n) is 2.06. The highest BCUT2D eigenvalue weighted by Gasteiger charge is 2.03. The highest BCUT2D eigenvalue weighted by Crippen LogP contribution is 2.11. The number of nitrogens with one attached hydrogen (secondary N) is 1. The second-order valence-electron chi connectivity index (χ2n) is 4.97. The average Bonchev–Trinajstić information content (AvgIpc) is 2.78. The summed E-state index contributed by atoms with van der Waals surface area (Å²) >= 11 is 3.46. The van der Waals surface area contributed by atoms with E-state index in [0.717, 1.165) is 24.0 Å². The molecule has 102 valence electrons. The first-order valence-corrected chi connectivity index (χ1v) is 7.39. The molecule has 1 heterocycles. The fraction of sp³-hybridized carbons (Fsp3) is 0.400. The molecule has 3 nitrogen and oxygen atoms in total. The third-order valence-electron chi connectivity index (χ3n) is 3.05. The zero-order valence-corrected chi connectivity index (χ0v) is 13.0. The van der Waals surface area contributed by atoms with Crippen LogP contribution in [-0.2, 0) is 13.0 Å². The number of nitrogens with zero attached hydrogens (tertiary/aromatic N) is 2. The summed E-state index contributed by atoms with van der Waals surface area (Å²) in [5, 5.41) is 7.81. The molecule has 2 aromatic rings. The van der Waals surface area contributed by atoms with Gasteiger partial charge in [0, 0.05) is 23.3 Å². The number of aryl methyl sites for hydroxylation is 1. The molecule has 1 unspecified atom stereocenters. The summed E-state index contributed by atoms with van der Waals surface area (Å²) in [7, 11) is 0. The van der Waals surface area contributed by atoms with E-state index < -0.39 is 0 Å². The van der Waals surface area contributed by atoms with Crippen molar-refractivity contribution in [2.45, 2.75) is 32.9 Å². The van der Waals surface area contributed by atoms with Crippen LogP contribution in [0.25, 0.3) is 0 Å². The fourth-order valence-corrected chi connectivity index (χ4v) is 2.33. The predicted octanol–water partition coefficient (Wildman–Crippen LogP) is 3.17. The topological polar surface area (TPSA) is 29.9 Å². The van der Waals surface area contributed by atoms with Crippen molar-refractivity contribution in [1.29, 1.82) is 0 Å². The van der Waals surface area contributed by atoms with Crippen LogP contribution >= 0.6 is 15.9 Å². The molecule has 0 aliphatic carbocycles. The van der Waals surface area contributed by atoms with Gasteiger partial charge in [-0.05, 0) is 43.5 Å². The Hall–Kier alpha value is -1.13. The molecule has 0 saturated carbocycles. The monoisotopic (exact) mass is 321 g/mol. The van der Waals surface area contributed by atoms with Crippen molar-refractivity contribution in [3.05, 3.63) is 52.3 Å². The quantitative estimate of drug-likeness (QED) is 0.885. The third kappa shape index (κ3) is 4.80. The van der Waals surface area contributed by atoms with Gasteiger partial charge in [0.05, 0.1) is 12.7 Å². The zero-order chi connectivity index (χ0) is 13.7. The zero-order valence-electron chi connectivity index (χ0n) is 11.4. The Labute approximate surface area is 123 Å². The van der Waals surface area contributed by atoms with Crippen molar-refractivity contribution < 1.29 is 0 Å². The molecule has 1 aromatic carbocycles. The van der Waals surface area contributed by atoms with Crippen LogP contribution in [0.5, 0.6) is 0 Å². The summed E-state index contributed by atoms with van der Waals surface area (Å²) in [5.41, 5.74) is 2.57. The van der Waals surface area contributed by atoms with E-state index in [0.29, 0.717) is 6.04 Å². The Morgan fingerprint density at radius 3 is 2.68 bits per heavy atom. The number of hydrogen-bond acceptors (Lipinski definition) is 2. The van der Waals surface area contributed by atoms with Crippen molar-refractivity contribution in [3.63, 3.8) is 0 Å². The lowest BCUT2D eigenvalue weighted by atomic mass is 10.1. The molecule has 19 heavy (non-hydrogen) atoms. The summed E-state index contributed by atoms with van der Waals surface area (Å²) in [6.07, 6.45) is 5.01. The minimum Gasteiger partial charge on any atom is -0.312 e. The molecule has 1 aromatic heterocycles. The SMILES string of the molecule is Cc1cnn(CCNC(C)Cc2ccc(Br)cc2)c1. The van der Waals surface area contributed by atoms with Gasteiger partial charge in [-0.2, -0.15) is 5.10 Å². The minimum atomic E-state index is 0.470. The number of halogens is 1. The standard InChI is InChI=1S/C15H20BrN3/c1-12-10-18-19(11-12)8-7-17-13(2)9-14-3-5-15(16)6-4-14/h3-6,10-11,13,17H,7-9H2,1-2H3. The molecular formula is C15H20BrN3. The van der Waals surface area contributed by atoms with Gasteiger partial charge in [-0.25, -0.2) is 0 Å². The minimum absolute atomic E-state index is 0.470. The normalized spacial score (nSPS) is 12.6. The highest BCUT2D eigenvalue weighted by molar-refractivity contribution is 9.10. The van der Waals surface area contributed by atoms with E-state index in [2.05, 4.69) is 70.7 Å². The highest BCUT2D eigenvalue weighted by atomic mass is 79.9. The lowest BCUT2D eigenvalue weighted by molar-refractivity contribution is 0.493. The smallest absolute Gasteiger partial charge is 0.0534 e. The predicted molar refractivity (Wildman–Crippen MR) is 82.3 cm³/mol. The van der Waals surface area contributed by atoms with Crippen LogP contribution in [-0.4, -0.2) is 22.4 Å². The second-order valence-corrected chi connectivity index (χ2v) is 5.88. The Morgan fingerprint density at radius 1 is 1.32 bits per heavy atom. The van der Waals surface area contributed by atoms with Crippen LogP contribution in [0.2, 0.25) is 0 Å². The van der Waals surface area contributed by atoms with Gasteiger partial charge in [0.1, 0.15) is 0 Å². The van der Waals surface area contributed by atoms with Gasteiger partial charge in [0.15, 0.2) is 0 Å². The maximum Gasteiger partial charge on any atom is 0.0534 e. The summed E-state index contributed by atoms with van der Waals surface area (Å²) < 4.78 is 3.11. The molecule has 2 rings (SSSR count). The van der Waals surface area contributed by atoms with Crippen LogP contribution in [0, 0.1) is 6.92 Å². The molecule has 0 spiro atoms. The molecule has 1 atom stereocenters. The number of hydrogen-bond donors (Lipinski definition) is 1. The molecule has 1 N–H and O–H groups in total. The van der Waals surface area contributed by atoms with Crippen LogP contribution in [0.4, 0.5) is 0 Å². The molecule has 0 aliphatic rings. The number of aromatic nitrogens is 2. The molecule has 0 bridgehead atoms. The lowest BCUT2D eigenvalue weighted by Gasteiger charge is -2.14. The van der Waals surface area contributed by atoms with Crippen molar-refractivity contribution in [2.24, 2.45) is 0 Å². The molecule has 0 saturated heterocycles. The van der Waals surface area contributed by atoms with Gasteiger partial charge >= 0.3 is 0 Å². The van der Waals surface area contributed by atoms with E-state index in [1.54, 1.807) is 0 Å². The maximum atomic E-state index is 4.28. The first-order chi connectivity index (χ1) is 9.13. The molecular weight excluding hydrogens is 302 g/mol. The maximum absolute atomic E-state index is 4.28. The van der Waals surface area contributed by atoms with E-state index in [1.807, 2.05) is 10.9 Å². The lowest BCUT2D eigenvalue weighted by Crippen LogP contribution is -2.31. The van der Waals surface area contributed by atoms with E-state index in [9.17, 15) is 0 Å². The van der Waals surface area contributed by atoms with Gasteiger partial charge < -0.3 is 5.32 Å². The average molecular weight is 322 g/mol. The van der Waals surface area contributed by atoms with Crippen molar-refractivity contribution in [3.8, 4) is 0 Å². The third-order valence-corrected chi connectivity index (χ3v) is 3.58. The van der Waals surface area contributed by atoms with E-state index >= 15 is 0 Å². The Bertz CT molecular complexity index is 504. The van der Waals surface area contributed by atoms with Crippen LogP contribution in [0.15, 0.2) is 41.1 Å². The Kier molecular flexibility index (Phi) is 5.16. The number of benzene rings is 1. The first kappa shape index (κ1) is 14.3. The summed E-state index contributed by atoms with van der Waals surface area (Å²) in [6.45, 7) is 6.14. The summed E-state index contributed by atoms with van der Waals surface area (Å²) in [5.74, 6) is 0. The van der Waals surface area contributed by atoms with Gasteiger partial charge in [-0.3, -0.25) is 4.68 Å². The molecule has 0 fully saturated rings.